The summed E-state index contributed by atoms with van der Waals surface area (Å²) >= 11 is 14.6. The Morgan fingerprint density at radius 1 is 1.00 bits per heavy atom. The van der Waals surface area contributed by atoms with Crippen LogP contribution < -0.4 is 5.32 Å². The molecule has 32 heavy (non-hydrogen) atoms. The molecule has 0 saturated carbocycles. The summed E-state index contributed by atoms with van der Waals surface area (Å²) in [5.74, 6) is 2.00. The Morgan fingerprint density at radius 2 is 1.75 bits per heavy atom. The molecule has 2 aromatic carbocycles. The molecule has 1 fully saturated rings. The SMILES string of the molecule is O=C(NC1CCSCC1)c1cnn2c(-c3ccc(Cl)cc3)c(-c3ccccc3Cl)cnc12. The van der Waals surface area contributed by atoms with Crippen molar-refractivity contribution < 1.29 is 4.79 Å². The van der Waals surface area contributed by atoms with E-state index in [1.54, 1.807) is 16.9 Å². The molecule has 5 nitrogen and oxygen atoms in total. The number of thioether (sulfide) groups is 1. The molecule has 1 aliphatic heterocycles. The number of hydrogen-bond donors (Lipinski definition) is 1. The summed E-state index contributed by atoms with van der Waals surface area (Å²) < 4.78 is 1.72. The fourth-order valence-electron chi connectivity index (χ4n) is 3.96. The Labute approximate surface area is 200 Å². The van der Waals surface area contributed by atoms with Gasteiger partial charge in [-0.05, 0) is 42.5 Å². The van der Waals surface area contributed by atoms with Crippen molar-refractivity contribution in [3.05, 3.63) is 76.5 Å². The Kier molecular flexibility index (Phi) is 6.09. The smallest absolute Gasteiger partial charge is 0.256 e. The van der Waals surface area contributed by atoms with Gasteiger partial charge in [-0.2, -0.15) is 16.9 Å². The fraction of sp³-hybridized carbons (Fsp3) is 0.208. The van der Waals surface area contributed by atoms with Crippen LogP contribution in [0.3, 0.4) is 0 Å². The zero-order chi connectivity index (χ0) is 22.1. The van der Waals surface area contributed by atoms with E-state index in [1.807, 2.05) is 60.3 Å². The molecular weight excluding hydrogens is 463 g/mol. The number of amides is 1. The summed E-state index contributed by atoms with van der Waals surface area (Å²) in [6, 6.07) is 15.3. The van der Waals surface area contributed by atoms with Crippen LogP contribution in [0.5, 0.6) is 0 Å². The average Bonchev–Trinajstić information content (AvgIpc) is 3.25. The van der Waals surface area contributed by atoms with Crippen molar-refractivity contribution in [1.82, 2.24) is 19.9 Å². The highest BCUT2D eigenvalue weighted by Crippen LogP contribution is 2.36. The molecule has 0 bridgehead atoms. The summed E-state index contributed by atoms with van der Waals surface area (Å²) in [5, 5.41) is 8.97. The fourth-order valence-corrected chi connectivity index (χ4v) is 5.43. The summed E-state index contributed by atoms with van der Waals surface area (Å²) in [7, 11) is 0. The van der Waals surface area contributed by atoms with Crippen LogP contribution in [0.15, 0.2) is 60.9 Å². The first-order valence-corrected chi connectivity index (χ1v) is 12.3. The molecule has 1 saturated heterocycles. The van der Waals surface area contributed by atoms with Gasteiger partial charge in [0.2, 0.25) is 0 Å². The molecular formula is C24H20Cl2N4OS. The third-order valence-electron chi connectivity index (χ3n) is 5.61. The van der Waals surface area contributed by atoms with E-state index in [0.717, 1.165) is 46.7 Å². The lowest BCUT2D eigenvalue weighted by molar-refractivity contribution is 0.0936. The van der Waals surface area contributed by atoms with Crippen LogP contribution in [0.4, 0.5) is 0 Å². The van der Waals surface area contributed by atoms with Gasteiger partial charge in [0, 0.05) is 39.0 Å². The predicted molar refractivity (Wildman–Crippen MR) is 132 cm³/mol. The molecule has 2 aromatic heterocycles. The first-order chi connectivity index (χ1) is 15.6. The largest absolute Gasteiger partial charge is 0.349 e. The van der Waals surface area contributed by atoms with Crippen molar-refractivity contribution in [2.24, 2.45) is 0 Å². The summed E-state index contributed by atoms with van der Waals surface area (Å²) in [6.45, 7) is 0. The van der Waals surface area contributed by atoms with Crippen molar-refractivity contribution in [3.8, 4) is 22.4 Å². The molecule has 1 aliphatic rings. The van der Waals surface area contributed by atoms with Crippen molar-refractivity contribution >= 4 is 46.5 Å². The number of benzene rings is 2. The quantitative estimate of drug-likeness (QED) is 0.387. The zero-order valence-electron chi connectivity index (χ0n) is 17.1. The van der Waals surface area contributed by atoms with Crippen LogP contribution in [0.25, 0.3) is 28.0 Å². The number of rotatable bonds is 4. The van der Waals surface area contributed by atoms with E-state index in [9.17, 15) is 4.79 Å². The van der Waals surface area contributed by atoms with Gasteiger partial charge in [0.1, 0.15) is 5.56 Å². The van der Waals surface area contributed by atoms with E-state index in [-0.39, 0.29) is 11.9 Å². The van der Waals surface area contributed by atoms with Gasteiger partial charge in [0.05, 0.1) is 11.9 Å². The van der Waals surface area contributed by atoms with Gasteiger partial charge in [-0.1, -0.05) is 53.5 Å². The van der Waals surface area contributed by atoms with Gasteiger partial charge < -0.3 is 5.32 Å². The molecule has 8 heteroatoms. The number of aromatic nitrogens is 3. The van der Waals surface area contributed by atoms with E-state index in [0.29, 0.717) is 21.3 Å². The van der Waals surface area contributed by atoms with Gasteiger partial charge >= 0.3 is 0 Å². The Hall–Kier alpha value is -2.54. The Bertz CT molecular complexity index is 1280. The number of carbonyl (C=O) groups excluding carboxylic acids is 1. The molecule has 1 N–H and O–H groups in total. The van der Waals surface area contributed by atoms with E-state index < -0.39 is 0 Å². The lowest BCUT2D eigenvalue weighted by Gasteiger charge is -2.22. The van der Waals surface area contributed by atoms with Gasteiger partial charge in [-0.25, -0.2) is 9.50 Å². The average molecular weight is 483 g/mol. The first kappa shape index (κ1) is 21.3. The molecule has 0 radical (unpaired) electrons. The van der Waals surface area contributed by atoms with Crippen LogP contribution in [0.2, 0.25) is 10.0 Å². The molecule has 3 heterocycles. The zero-order valence-corrected chi connectivity index (χ0v) is 19.4. The van der Waals surface area contributed by atoms with E-state index in [2.05, 4.69) is 15.4 Å². The summed E-state index contributed by atoms with van der Waals surface area (Å²) in [5.41, 5.74) is 4.33. The second kappa shape index (κ2) is 9.14. The minimum atomic E-state index is -0.142. The molecule has 4 aromatic rings. The lowest BCUT2D eigenvalue weighted by atomic mass is 10.0. The molecule has 0 aliphatic carbocycles. The number of hydrogen-bond acceptors (Lipinski definition) is 4. The number of nitrogens with one attached hydrogen (secondary N) is 1. The summed E-state index contributed by atoms with van der Waals surface area (Å²) in [6.07, 6.45) is 5.31. The number of halogens is 2. The van der Waals surface area contributed by atoms with E-state index in [4.69, 9.17) is 23.2 Å². The highest BCUT2D eigenvalue weighted by molar-refractivity contribution is 7.99. The standard InChI is InChI=1S/C24H20Cl2N4OS/c25-16-7-5-15(6-8-16)22-19(18-3-1-2-4-21(18)26)13-27-23-20(14-28-30(22)23)24(31)29-17-9-11-32-12-10-17/h1-8,13-14,17H,9-12H2,(H,29,31). The van der Waals surface area contributed by atoms with Crippen LogP contribution in [0, 0.1) is 0 Å². The number of carbonyl (C=O) groups is 1. The van der Waals surface area contributed by atoms with E-state index in [1.165, 1.54) is 0 Å². The molecule has 1 amide bonds. The predicted octanol–water partition coefficient (Wildman–Crippen LogP) is 6.00. The second-order valence-electron chi connectivity index (χ2n) is 7.66. The van der Waals surface area contributed by atoms with E-state index >= 15 is 0 Å². The molecule has 0 spiro atoms. The Balaban J connectivity index is 1.64. The van der Waals surface area contributed by atoms with Crippen LogP contribution >= 0.6 is 35.0 Å². The monoisotopic (exact) mass is 482 g/mol. The van der Waals surface area contributed by atoms with Gasteiger partial charge in [-0.15, -0.1) is 0 Å². The molecule has 0 unspecified atom stereocenters. The highest BCUT2D eigenvalue weighted by atomic mass is 35.5. The molecule has 5 rings (SSSR count). The van der Waals surface area contributed by atoms with Crippen molar-refractivity contribution in [2.75, 3.05) is 11.5 Å². The summed E-state index contributed by atoms with van der Waals surface area (Å²) in [4.78, 5) is 17.7. The topological polar surface area (TPSA) is 59.3 Å². The third kappa shape index (κ3) is 4.10. The van der Waals surface area contributed by atoms with Crippen LogP contribution in [0.1, 0.15) is 23.2 Å². The third-order valence-corrected chi connectivity index (χ3v) is 7.24. The maximum Gasteiger partial charge on any atom is 0.256 e. The molecule has 0 atom stereocenters. The normalized spacial score (nSPS) is 14.6. The van der Waals surface area contributed by atoms with Crippen molar-refractivity contribution in [1.29, 1.82) is 0 Å². The second-order valence-corrected chi connectivity index (χ2v) is 9.73. The van der Waals surface area contributed by atoms with Crippen molar-refractivity contribution in [2.45, 2.75) is 18.9 Å². The maximum atomic E-state index is 13.0. The molecule has 162 valence electrons. The number of nitrogens with zero attached hydrogens (tertiary/aromatic N) is 3. The minimum Gasteiger partial charge on any atom is -0.349 e. The van der Waals surface area contributed by atoms with Gasteiger partial charge in [-0.3, -0.25) is 4.79 Å². The highest BCUT2D eigenvalue weighted by Gasteiger charge is 2.23. The van der Waals surface area contributed by atoms with Gasteiger partial charge in [0.15, 0.2) is 5.65 Å². The Morgan fingerprint density at radius 3 is 2.50 bits per heavy atom. The minimum absolute atomic E-state index is 0.142. The lowest BCUT2D eigenvalue weighted by Crippen LogP contribution is -2.37. The maximum absolute atomic E-state index is 13.0. The van der Waals surface area contributed by atoms with Crippen LogP contribution in [-0.4, -0.2) is 38.1 Å². The number of fused-ring (bicyclic) bond motifs is 1. The van der Waals surface area contributed by atoms with Crippen LogP contribution in [-0.2, 0) is 0 Å². The van der Waals surface area contributed by atoms with Crippen molar-refractivity contribution in [3.63, 3.8) is 0 Å². The van der Waals surface area contributed by atoms with Gasteiger partial charge in [0.25, 0.3) is 5.91 Å². The first-order valence-electron chi connectivity index (χ1n) is 10.4.